The number of anilines is 1. The molecule has 1 atom stereocenters. The third-order valence-corrected chi connectivity index (χ3v) is 3.59. The Kier molecular flexibility index (Phi) is 4.21. The van der Waals surface area contributed by atoms with Gasteiger partial charge in [-0.25, -0.2) is 0 Å². The van der Waals surface area contributed by atoms with E-state index in [0.717, 1.165) is 13.0 Å². The summed E-state index contributed by atoms with van der Waals surface area (Å²) in [6.45, 7) is 1.59. The van der Waals surface area contributed by atoms with Crippen molar-refractivity contribution in [1.82, 2.24) is 4.90 Å². The number of hydrogen-bond acceptors (Lipinski definition) is 5. The molecule has 1 aliphatic heterocycles. The minimum Gasteiger partial charge on any atom is -0.487 e. The quantitative estimate of drug-likeness (QED) is 0.500. The van der Waals surface area contributed by atoms with E-state index in [4.69, 9.17) is 10.5 Å². The molecule has 0 spiro atoms. The van der Waals surface area contributed by atoms with E-state index in [0.29, 0.717) is 12.6 Å². The molecule has 0 saturated carbocycles. The summed E-state index contributed by atoms with van der Waals surface area (Å²) in [6.07, 6.45) is 3.25. The van der Waals surface area contributed by atoms with Crippen LogP contribution in [0.4, 0.5) is 11.4 Å². The van der Waals surface area contributed by atoms with Crippen LogP contribution in [0.5, 0.6) is 5.75 Å². The largest absolute Gasteiger partial charge is 0.487 e. The average Bonchev–Trinajstić information content (AvgIpc) is 2.75. The Balaban J connectivity index is 1.96. The Morgan fingerprint density at radius 2 is 2.37 bits per heavy atom. The lowest BCUT2D eigenvalue weighted by atomic mass is 10.1. The van der Waals surface area contributed by atoms with Crippen LogP contribution in [-0.4, -0.2) is 36.1 Å². The van der Waals surface area contributed by atoms with Gasteiger partial charge in [0.15, 0.2) is 5.75 Å². The Labute approximate surface area is 112 Å². The lowest BCUT2D eigenvalue weighted by molar-refractivity contribution is -0.384. The summed E-state index contributed by atoms with van der Waals surface area (Å²) in [5, 5.41) is 11.0. The lowest BCUT2D eigenvalue weighted by Gasteiger charge is -2.19. The molecule has 1 heterocycles. The fourth-order valence-electron chi connectivity index (χ4n) is 2.50. The van der Waals surface area contributed by atoms with Gasteiger partial charge in [0.05, 0.1) is 11.5 Å². The van der Waals surface area contributed by atoms with Crippen LogP contribution in [0.3, 0.4) is 0 Å². The highest BCUT2D eigenvalue weighted by molar-refractivity contribution is 5.65. The zero-order valence-corrected chi connectivity index (χ0v) is 11.0. The zero-order valence-electron chi connectivity index (χ0n) is 11.0. The second-order valence-corrected chi connectivity index (χ2v) is 4.86. The summed E-state index contributed by atoms with van der Waals surface area (Å²) < 4.78 is 5.54. The molecule has 0 bridgehead atoms. The molecule has 104 valence electrons. The van der Waals surface area contributed by atoms with Crippen molar-refractivity contribution in [2.45, 2.75) is 25.3 Å². The number of nitrogens with two attached hydrogens (primary N) is 1. The van der Waals surface area contributed by atoms with Gasteiger partial charge in [0, 0.05) is 6.04 Å². The first-order chi connectivity index (χ1) is 9.09. The predicted octanol–water partition coefficient (Wildman–Crippen LogP) is 2.04. The van der Waals surface area contributed by atoms with Crippen LogP contribution < -0.4 is 10.5 Å². The minimum absolute atomic E-state index is 0.137. The van der Waals surface area contributed by atoms with Crippen LogP contribution in [0, 0.1) is 10.1 Å². The first kappa shape index (κ1) is 13.6. The van der Waals surface area contributed by atoms with Crippen molar-refractivity contribution in [3.05, 3.63) is 28.3 Å². The third kappa shape index (κ3) is 3.14. The molecule has 2 rings (SSSR count). The van der Waals surface area contributed by atoms with Gasteiger partial charge in [-0.1, -0.05) is 6.07 Å². The maximum Gasteiger partial charge on any atom is 0.333 e. The van der Waals surface area contributed by atoms with Crippen LogP contribution in [0.15, 0.2) is 18.2 Å². The van der Waals surface area contributed by atoms with Gasteiger partial charge in [-0.2, -0.15) is 0 Å². The van der Waals surface area contributed by atoms with Crippen molar-refractivity contribution in [3.63, 3.8) is 0 Å². The summed E-state index contributed by atoms with van der Waals surface area (Å²) in [5.74, 6) is 0.255. The standard InChI is InChI=1S/C13H19N3O3/c1-15-8-3-4-10(15)7-9-19-12-6-2-5-11(14)13(12)16(17)18/h2,5-6,10H,3-4,7-9,14H2,1H3. The van der Waals surface area contributed by atoms with Crippen LogP contribution in [0.25, 0.3) is 0 Å². The number of likely N-dealkylation sites (tertiary alicyclic amines) is 1. The molecule has 0 radical (unpaired) electrons. The van der Waals surface area contributed by atoms with E-state index >= 15 is 0 Å². The predicted molar refractivity (Wildman–Crippen MR) is 73.3 cm³/mol. The van der Waals surface area contributed by atoms with Gasteiger partial charge in [-0.15, -0.1) is 0 Å². The van der Waals surface area contributed by atoms with Crippen molar-refractivity contribution in [1.29, 1.82) is 0 Å². The molecule has 1 unspecified atom stereocenters. The van der Waals surface area contributed by atoms with Gasteiger partial charge in [-0.05, 0) is 45.0 Å². The minimum atomic E-state index is -0.494. The van der Waals surface area contributed by atoms with Gasteiger partial charge in [0.25, 0.3) is 0 Å². The maximum absolute atomic E-state index is 11.0. The summed E-state index contributed by atoms with van der Waals surface area (Å²) in [5.41, 5.74) is 5.61. The number of nitro groups is 1. The molecule has 0 aliphatic carbocycles. The Morgan fingerprint density at radius 1 is 1.58 bits per heavy atom. The number of nitro benzene ring substituents is 1. The first-order valence-corrected chi connectivity index (χ1v) is 6.45. The summed E-state index contributed by atoms with van der Waals surface area (Å²) in [4.78, 5) is 12.8. The fraction of sp³-hybridized carbons (Fsp3) is 0.538. The topological polar surface area (TPSA) is 81.6 Å². The molecule has 1 aromatic carbocycles. The molecular weight excluding hydrogens is 246 g/mol. The van der Waals surface area contributed by atoms with E-state index in [-0.39, 0.29) is 17.1 Å². The zero-order chi connectivity index (χ0) is 13.8. The molecule has 1 aromatic rings. The Bertz CT molecular complexity index is 464. The monoisotopic (exact) mass is 265 g/mol. The van der Waals surface area contributed by atoms with Crippen molar-refractivity contribution in [3.8, 4) is 5.75 Å². The first-order valence-electron chi connectivity index (χ1n) is 6.45. The maximum atomic E-state index is 11.0. The number of benzene rings is 1. The van der Waals surface area contributed by atoms with Crippen LogP contribution >= 0.6 is 0 Å². The van der Waals surface area contributed by atoms with E-state index < -0.39 is 4.92 Å². The third-order valence-electron chi connectivity index (χ3n) is 3.59. The van der Waals surface area contributed by atoms with E-state index in [1.165, 1.54) is 18.9 Å². The Hall–Kier alpha value is -1.82. The summed E-state index contributed by atoms with van der Waals surface area (Å²) >= 11 is 0. The number of nitrogens with zero attached hydrogens (tertiary/aromatic N) is 2. The molecule has 1 fully saturated rings. The molecule has 19 heavy (non-hydrogen) atoms. The molecule has 1 saturated heterocycles. The van der Waals surface area contributed by atoms with Crippen molar-refractivity contribution < 1.29 is 9.66 Å². The number of ether oxygens (including phenoxy) is 1. The number of rotatable bonds is 5. The highest BCUT2D eigenvalue weighted by atomic mass is 16.6. The number of para-hydroxylation sites is 1. The molecule has 6 nitrogen and oxygen atoms in total. The normalized spacial score (nSPS) is 19.5. The average molecular weight is 265 g/mol. The molecule has 0 amide bonds. The Morgan fingerprint density at radius 3 is 3.00 bits per heavy atom. The summed E-state index contributed by atoms with van der Waals surface area (Å²) in [6, 6.07) is 5.28. The molecular formula is C13H19N3O3. The number of nitrogen functional groups attached to an aromatic ring is 1. The van der Waals surface area contributed by atoms with Gasteiger partial charge in [0.1, 0.15) is 5.69 Å². The van der Waals surface area contributed by atoms with E-state index in [1.54, 1.807) is 12.1 Å². The van der Waals surface area contributed by atoms with Crippen LogP contribution in [0.1, 0.15) is 19.3 Å². The lowest BCUT2D eigenvalue weighted by Crippen LogP contribution is -2.26. The van der Waals surface area contributed by atoms with E-state index in [1.807, 2.05) is 0 Å². The highest BCUT2D eigenvalue weighted by Crippen LogP contribution is 2.32. The van der Waals surface area contributed by atoms with Crippen LogP contribution in [0.2, 0.25) is 0 Å². The van der Waals surface area contributed by atoms with Crippen molar-refractivity contribution >= 4 is 11.4 Å². The smallest absolute Gasteiger partial charge is 0.333 e. The van der Waals surface area contributed by atoms with E-state index in [9.17, 15) is 10.1 Å². The van der Waals surface area contributed by atoms with Gasteiger partial charge in [0.2, 0.25) is 0 Å². The second-order valence-electron chi connectivity index (χ2n) is 4.86. The summed E-state index contributed by atoms with van der Waals surface area (Å²) in [7, 11) is 2.10. The molecule has 6 heteroatoms. The molecule has 2 N–H and O–H groups in total. The highest BCUT2D eigenvalue weighted by Gasteiger charge is 2.22. The van der Waals surface area contributed by atoms with Crippen molar-refractivity contribution in [2.24, 2.45) is 0 Å². The fourth-order valence-corrected chi connectivity index (χ4v) is 2.50. The molecule has 0 aromatic heterocycles. The van der Waals surface area contributed by atoms with Crippen LogP contribution in [-0.2, 0) is 0 Å². The molecule has 1 aliphatic rings. The van der Waals surface area contributed by atoms with Gasteiger partial charge < -0.3 is 15.4 Å². The number of hydrogen-bond donors (Lipinski definition) is 1. The van der Waals surface area contributed by atoms with Gasteiger partial charge >= 0.3 is 5.69 Å². The SMILES string of the molecule is CN1CCCC1CCOc1cccc(N)c1[N+](=O)[O-]. The second kappa shape index (κ2) is 5.88. The van der Waals surface area contributed by atoms with Crippen molar-refractivity contribution in [2.75, 3.05) is 25.9 Å². The van der Waals surface area contributed by atoms with Gasteiger partial charge in [-0.3, -0.25) is 10.1 Å². The van der Waals surface area contributed by atoms with E-state index in [2.05, 4.69) is 11.9 Å².